The molecule has 3 heteroatoms. The third-order valence-corrected chi connectivity index (χ3v) is 3.38. The summed E-state index contributed by atoms with van der Waals surface area (Å²) in [5, 5.41) is 3.40. The minimum absolute atomic E-state index is 0.244. The van der Waals surface area contributed by atoms with Gasteiger partial charge in [-0.2, -0.15) is 0 Å². The van der Waals surface area contributed by atoms with E-state index in [0.29, 0.717) is 11.8 Å². The lowest BCUT2D eigenvalue weighted by atomic mass is 10.1. The quantitative estimate of drug-likeness (QED) is 0.858. The van der Waals surface area contributed by atoms with E-state index in [1.807, 2.05) is 19.1 Å². The second-order valence-electron chi connectivity index (χ2n) is 5.64. The summed E-state index contributed by atoms with van der Waals surface area (Å²) in [6, 6.07) is 11.0. The largest absolute Gasteiger partial charge is 0.457 e. The van der Waals surface area contributed by atoms with Gasteiger partial charge in [-0.3, -0.25) is 0 Å². The molecule has 0 saturated heterocycles. The van der Waals surface area contributed by atoms with E-state index >= 15 is 0 Å². The molecular formula is C18H22FNO. The highest BCUT2D eigenvalue weighted by Crippen LogP contribution is 2.27. The maximum Gasteiger partial charge on any atom is 0.130 e. The van der Waals surface area contributed by atoms with Gasteiger partial charge in [-0.1, -0.05) is 19.9 Å². The van der Waals surface area contributed by atoms with Crippen molar-refractivity contribution in [1.29, 1.82) is 0 Å². The first-order valence-electron chi connectivity index (χ1n) is 7.22. The maximum absolute atomic E-state index is 13.1. The number of halogens is 1. The summed E-state index contributed by atoms with van der Waals surface area (Å²) in [6.45, 7) is 9.02. The molecule has 0 radical (unpaired) electrons. The average molecular weight is 287 g/mol. The monoisotopic (exact) mass is 287 g/mol. The molecule has 0 atom stereocenters. The molecule has 0 amide bonds. The Morgan fingerprint density at radius 1 is 1.05 bits per heavy atom. The van der Waals surface area contributed by atoms with Crippen LogP contribution in [0, 0.1) is 19.7 Å². The SMILES string of the molecule is Cc1cc(Oc2ccc(F)cc2C)ccc1CNC(C)C. The second-order valence-corrected chi connectivity index (χ2v) is 5.64. The van der Waals surface area contributed by atoms with Gasteiger partial charge < -0.3 is 10.1 Å². The van der Waals surface area contributed by atoms with E-state index in [4.69, 9.17) is 4.74 Å². The molecule has 2 rings (SSSR count). The van der Waals surface area contributed by atoms with Gasteiger partial charge in [0.15, 0.2) is 0 Å². The Kier molecular flexibility index (Phi) is 4.97. The van der Waals surface area contributed by atoms with E-state index in [1.54, 1.807) is 6.07 Å². The molecule has 0 saturated carbocycles. The van der Waals surface area contributed by atoms with Gasteiger partial charge in [-0.25, -0.2) is 4.39 Å². The van der Waals surface area contributed by atoms with Gasteiger partial charge in [-0.05, 0) is 60.9 Å². The first-order chi connectivity index (χ1) is 9.95. The number of ether oxygens (including phenoxy) is 1. The lowest BCUT2D eigenvalue weighted by Crippen LogP contribution is -2.22. The highest BCUT2D eigenvalue weighted by molar-refractivity contribution is 5.40. The molecule has 0 fully saturated rings. The Morgan fingerprint density at radius 2 is 1.81 bits per heavy atom. The Bertz CT molecular complexity index is 623. The van der Waals surface area contributed by atoms with Gasteiger partial charge in [0.2, 0.25) is 0 Å². The summed E-state index contributed by atoms with van der Waals surface area (Å²) in [5.41, 5.74) is 3.23. The van der Waals surface area contributed by atoms with Gasteiger partial charge in [0, 0.05) is 12.6 Å². The second kappa shape index (κ2) is 6.72. The summed E-state index contributed by atoms with van der Waals surface area (Å²) in [5.74, 6) is 1.21. The van der Waals surface area contributed by atoms with Gasteiger partial charge >= 0.3 is 0 Å². The number of aryl methyl sites for hydroxylation is 2. The fraction of sp³-hybridized carbons (Fsp3) is 0.333. The molecule has 2 aromatic carbocycles. The lowest BCUT2D eigenvalue weighted by molar-refractivity contribution is 0.475. The van der Waals surface area contributed by atoms with Crippen LogP contribution >= 0.6 is 0 Å². The molecule has 0 aromatic heterocycles. The van der Waals surface area contributed by atoms with Crippen molar-refractivity contribution in [1.82, 2.24) is 5.32 Å². The first kappa shape index (κ1) is 15.5. The minimum atomic E-state index is -0.244. The third-order valence-electron chi connectivity index (χ3n) is 3.38. The standard InChI is InChI=1S/C18H22FNO/c1-12(2)20-11-15-5-7-17(10-13(15)3)21-18-8-6-16(19)9-14(18)4/h5-10,12,20H,11H2,1-4H3. The van der Waals surface area contributed by atoms with E-state index in [-0.39, 0.29) is 5.82 Å². The molecule has 0 heterocycles. The molecule has 1 N–H and O–H groups in total. The normalized spacial score (nSPS) is 11.0. The van der Waals surface area contributed by atoms with Gasteiger partial charge in [-0.15, -0.1) is 0 Å². The first-order valence-corrected chi connectivity index (χ1v) is 7.22. The van der Waals surface area contributed by atoms with Crippen LogP contribution in [0.15, 0.2) is 36.4 Å². The van der Waals surface area contributed by atoms with Crippen molar-refractivity contribution in [2.75, 3.05) is 0 Å². The Labute approximate surface area is 126 Å². The molecule has 0 spiro atoms. The minimum Gasteiger partial charge on any atom is -0.457 e. The smallest absolute Gasteiger partial charge is 0.130 e. The summed E-state index contributed by atoms with van der Waals surface area (Å²) in [7, 11) is 0. The summed E-state index contributed by atoms with van der Waals surface area (Å²) in [6.07, 6.45) is 0. The molecule has 0 bridgehead atoms. The molecule has 112 valence electrons. The van der Waals surface area contributed by atoms with Crippen molar-refractivity contribution >= 4 is 0 Å². The van der Waals surface area contributed by atoms with E-state index < -0.39 is 0 Å². The molecular weight excluding hydrogens is 265 g/mol. The van der Waals surface area contributed by atoms with Crippen molar-refractivity contribution < 1.29 is 9.13 Å². The molecule has 0 aliphatic carbocycles. The van der Waals surface area contributed by atoms with Crippen molar-refractivity contribution in [2.45, 2.75) is 40.3 Å². The van der Waals surface area contributed by atoms with Crippen molar-refractivity contribution in [3.05, 3.63) is 58.9 Å². The predicted molar refractivity (Wildman–Crippen MR) is 84.4 cm³/mol. The Hall–Kier alpha value is -1.87. The van der Waals surface area contributed by atoms with E-state index in [1.165, 1.54) is 23.3 Å². The van der Waals surface area contributed by atoms with Gasteiger partial charge in [0.1, 0.15) is 17.3 Å². The van der Waals surface area contributed by atoms with Crippen molar-refractivity contribution in [3.8, 4) is 11.5 Å². The van der Waals surface area contributed by atoms with Crippen LogP contribution in [-0.4, -0.2) is 6.04 Å². The van der Waals surface area contributed by atoms with Crippen molar-refractivity contribution in [3.63, 3.8) is 0 Å². The zero-order valence-electron chi connectivity index (χ0n) is 13.0. The highest BCUT2D eigenvalue weighted by Gasteiger charge is 2.05. The molecule has 2 aromatic rings. The maximum atomic E-state index is 13.1. The number of rotatable bonds is 5. The van der Waals surface area contributed by atoms with Crippen LogP contribution in [-0.2, 0) is 6.54 Å². The van der Waals surface area contributed by atoms with Gasteiger partial charge in [0.25, 0.3) is 0 Å². The van der Waals surface area contributed by atoms with Crippen molar-refractivity contribution in [2.24, 2.45) is 0 Å². The van der Waals surface area contributed by atoms with Crippen LogP contribution in [0.5, 0.6) is 11.5 Å². The van der Waals surface area contributed by atoms with Crippen LogP contribution in [0.4, 0.5) is 4.39 Å². The molecule has 2 nitrogen and oxygen atoms in total. The number of nitrogens with one attached hydrogen (secondary N) is 1. The molecule has 0 aliphatic heterocycles. The number of hydrogen-bond donors (Lipinski definition) is 1. The molecule has 0 aliphatic rings. The van der Waals surface area contributed by atoms with Gasteiger partial charge in [0.05, 0.1) is 0 Å². The van der Waals surface area contributed by atoms with E-state index in [9.17, 15) is 4.39 Å². The topological polar surface area (TPSA) is 21.3 Å². The Morgan fingerprint density at radius 3 is 2.43 bits per heavy atom. The van der Waals surface area contributed by atoms with Crippen LogP contribution < -0.4 is 10.1 Å². The fourth-order valence-electron chi connectivity index (χ4n) is 2.10. The highest BCUT2D eigenvalue weighted by atomic mass is 19.1. The van der Waals surface area contributed by atoms with E-state index in [0.717, 1.165) is 17.9 Å². The van der Waals surface area contributed by atoms with Crippen LogP contribution in [0.1, 0.15) is 30.5 Å². The summed E-state index contributed by atoms with van der Waals surface area (Å²) in [4.78, 5) is 0. The van der Waals surface area contributed by atoms with E-state index in [2.05, 4.69) is 32.2 Å². The van der Waals surface area contributed by atoms with Crippen LogP contribution in [0.3, 0.4) is 0 Å². The van der Waals surface area contributed by atoms with Crippen LogP contribution in [0.25, 0.3) is 0 Å². The zero-order valence-corrected chi connectivity index (χ0v) is 13.0. The predicted octanol–water partition coefficient (Wildman–Crippen LogP) is 4.73. The Balaban J connectivity index is 2.12. The fourth-order valence-corrected chi connectivity index (χ4v) is 2.10. The average Bonchev–Trinajstić information content (AvgIpc) is 2.41. The lowest BCUT2D eigenvalue weighted by Gasteiger charge is -2.13. The third kappa shape index (κ3) is 4.30. The number of benzene rings is 2. The number of hydrogen-bond acceptors (Lipinski definition) is 2. The molecule has 0 unspecified atom stereocenters. The summed E-state index contributed by atoms with van der Waals surface area (Å²) < 4.78 is 18.9. The summed E-state index contributed by atoms with van der Waals surface area (Å²) >= 11 is 0. The van der Waals surface area contributed by atoms with Crippen LogP contribution in [0.2, 0.25) is 0 Å². The molecule has 21 heavy (non-hydrogen) atoms. The zero-order chi connectivity index (χ0) is 15.4.